The Kier molecular flexibility index (Phi) is 5.81. The Labute approximate surface area is 230 Å². The number of benzene rings is 3. The van der Waals surface area contributed by atoms with Crippen LogP contribution in [0.1, 0.15) is 11.1 Å². The van der Waals surface area contributed by atoms with Gasteiger partial charge in [0.2, 0.25) is 12.7 Å². The van der Waals surface area contributed by atoms with E-state index in [2.05, 4.69) is 20.6 Å². The van der Waals surface area contributed by atoms with E-state index in [-0.39, 0.29) is 13.3 Å². The molecule has 0 amide bonds. The normalized spacial score (nSPS) is 12.7. The van der Waals surface area contributed by atoms with Gasteiger partial charge < -0.3 is 24.7 Å². The SMILES string of the molecule is FC(F)(F)c1ccc(Cn2cnc3c(Nc4ccc5c(c4)OCO5)nc(Nc4ccc5ncccc5c4)nc32)cc1. The van der Waals surface area contributed by atoms with Crippen molar-refractivity contribution >= 4 is 45.2 Å². The van der Waals surface area contributed by atoms with Crippen LogP contribution in [0.5, 0.6) is 11.5 Å². The van der Waals surface area contributed by atoms with Gasteiger partial charge in [-0.25, -0.2) is 4.98 Å². The number of hydrogen-bond acceptors (Lipinski definition) is 8. The molecule has 0 fully saturated rings. The average molecular weight is 556 g/mol. The molecule has 0 aliphatic carbocycles. The molecule has 2 N–H and O–H groups in total. The van der Waals surface area contributed by atoms with Gasteiger partial charge >= 0.3 is 6.18 Å². The third-order valence-electron chi connectivity index (χ3n) is 6.59. The summed E-state index contributed by atoms with van der Waals surface area (Å²) in [5.41, 5.74) is 3.26. The van der Waals surface area contributed by atoms with Crippen molar-refractivity contribution in [1.82, 2.24) is 24.5 Å². The summed E-state index contributed by atoms with van der Waals surface area (Å²) in [6.45, 7) is 0.413. The van der Waals surface area contributed by atoms with E-state index in [1.165, 1.54) is 12.1 Å². The van der Waals surface area contributed by atoms with E-state index in [9.17, 15) is 13.2 Å². The van der Waals surface area contributed by atoms with Crippen LogP contribution in [0.2, 0.25) is 0 Å². The van der Waals surface area contributed by atoms with Gasteiger partial charge in [-0.15, -0.1) is 0 Å². The van der Waals surface area contributed by atoms with Crippen molar-refractivity contribution in [3.05, 3.63) is 96.4 Å². The van der Waals surface area contributed by atoms with Crippen LogP contribution in [-0.2, 0) is 12.7 Å². The molecule has 0 spiro atoms. The van der Waals surface area contributed by atoms with E-state index in [1.54, 1.807) is 29.2 Å². The number of ether oxygens (including phenoxy) is 2. The Morgan fingerprint density at radius 3 is 2.49 bits per heavy atom. The topological polar surface area (TPSA) is 99.0 Å². The van der Waals surface area contributed by atoms with Crippen molar-refractivity contribution in [2.45, 2.75) is 12.7 Å². The molecule has 3 aromatic carbocycles. The number of nitrogens with zero attached hydrogens (tertiary/aromatic N) is 5. The van der Waals surface area contributed by atoms with Gasteiger partial charge in [-0.1, -0.05) is 18.2 Å². The molecular weight excluding hydrogens is 535 g/mol. The average Bonchev–Trinajstić information content (AvgIpc) is 3.60. The maximum Gasteiger partial charge on any atom is 0.416 e. The van der Waals surface area contributed by atoms with E-state index in [4.69, 9.17) is 19.4 Å². The first-order valence-corrected chi connectivity index (χ1v) is 12.6. The molecule has 4 heterocycles. The second kappa shape index (κ2) is 9.66. The Balaban J connectivity index is 1.27. The molecule has 0 saturated heterocycles. The number of pyridine rings is 1. The first-order chi connectivity index (χ1) is 19.9. The first-order valence-electron chi connectivity index (χ1n) is 12.6. The number of imidazole rings is 1. The van der Waals surface area contributed by atoms with Crippen molar-refractivity contribution in [1.29, 1.82) is 0 Å². The van der Waals surface area contributed by atoms with Crippen molar-refractivity contribution in [3.63, 3.8) is 0 Å². The highest BCUT2D eigenvalue weighted by Gasteiger charge is 2.30. The molecule has 1 aliphatic rings. The number of fused-ring (bicyclic) bond motifs is 3. The number of nitrogens with one attached hydrogen (secondary N) is 2. The summed E-state index contributed by atoms with van der Waals surface area (Å²) in [7, 11) is 0. The van der Waals surface area contributed by atoms with Gasteiger partial charge in [-0.05, 0) is 54.1 Å². The van der Waals surface area contributed by atoms with Crippen LogP contribution in [-0.4, -0.2) is 31.3 Å². The summed E-state index contributed by atoms with van der Waals surface area (Å²) in [4.78, 5) is 18.3. The van der Waals surface area contributed by atoms with E-state index < -0.39 is 11.7 Å². The number of anilines is 4. The second-order valence-corrected chi connectivity index (χ2v) is 9.36. The van der Waals surface area contributed by atoms with Crippen LogP contribution in [0.3, 0.4) is 0 Å². The third kappa shape index (κ3) is 4.91. The highest BCUT2D eigenvalue weighted by atomic mass is 19.4. The third-order valence-corrected chi connectivity index (χ3v) is 6.59. The van der Waals surface area contributed by atoms with Gasteiger partial charge in [-0.3, -0.25) is 4.98 Å². The molecule has 0 saturated carbocycles. The van der Waals surface area contributed by atoms with Gasteiger partial charge in [0.25, 0.3) is 0 Å². The van der Waals surface area contributed by atoms with E-state index in [0.717, 1.165) is 28.7 Å². The highest BCUT2D eigenvalue weighted by molar-refractivity contribution is 5.88. The van der Waals surface area contributed by atoms with Crippen molar-refractivity contribution < 1.29 is 22.6 Å². The molecule has 7 rings (SSSR count). The van der Waals surface area contributed by atoms with Crippen molar-refractivity contribution in [2.75, 3.05) is 17.4 Å². The molecule has 204 valence electrons. The number of rotatable bonds is 6. The first kappa shape index (κ1) is 24.6. The summed E-state index contributed by atoms with van der Waals surface area (Å²) in [5.74, 6) is 2.00. The maximum atomic E-state index is 13.0. The summed E-state index contributed by atoms with van der Waals surface area (Å²) in [5, 5.41) is 7.51. The van der Waals surface area contributed by atoms with E-state index >= 15 is 0 Å². The smallest absolute Gasteiger partial charge is 0.416 e. The standard InChI is InChI=1S/C29H20F3N7O2/c30-29(31,32)19-5-3-17(4-6-19)14-39-15-34-25-26(35-21-8-10-23-24(13-21)41-16-40-23)37-28(38-27(25)39)36-20-7-9-22-18(12-20)2-1-11-33-22/h1-13,15H,14,16H2,(H2,35,36,37,38). The quantitative estimate of drug-likeness (QED) is 0.236. The summed E-state index contributed by atoms with van der Waals surface area (Å²) >= 11 is 0. The van der Waals surface area contributed by atoms with Crippen LogP contribution in [0.4, 0.5) is 36.3 Å². The minimum atomic E-state index is -4.40. The summed E-state index contributed by atoms with van der Waals surface area (Å²) in [6, 6.07) is 20.0. The van der Waals surface area contributed by atoms with Crippen LogP contribution < -0.4 is 20.1 Å². The number of alkyl halides is 3. The van der Waals surface area contributed by atoms with Gasteiger partial charge in [0.05, 0.1) is 24.0 Å². The number of hydrogen-bond donors (Lipinski definition) is 2. The number of aromatic nitrogens is 5. The van der Waals surface area contributed by atoms with Gasteiger partial charge in [0.1, 0.15) is 0 Å². The predicted molar refractivity (Wildman–Crippen MR) is 147 cm³/mol. The second-order valence-electron chi connectivity index (χ2n) is 9.36. The van der Waals surface area contributed by atoms with Crippen LogP contribution in [0, 0.1) is 0 Å². The minimum absolute atomic E-state index is 0.153. The lowest BCUT2D eigenvalue weighted by molar-refractivity contribution is -0.137. The fourth-order valence-corrected chi connectivity index (χ4v) is 4.59. The Morgan fingerprint density at radius 2 is 1.63 bits per heavy atom. The fraction of sp³-hybridized carbons (Fsp3) is 0.103. The predicted octanol–water partition coefficient (Wildman–Crippen LogP) is 6.66. The largest absolute Gasteiger partial charge is 0.454 e. The van der Waals surface area contributed by atoms with Crippen molar-refractivity contribution in [2.24, 2.45) is 0 Å². The van der Waals surface area contributed by atoms with Crippen LogP contribution in [0.15, 0.2) is 85.3 Å². The molecule has 0 radical (unpaired) electrons. The zero-order valence-corrected chi connectivity index (χ0v) is 21.2. The van der Waals surface area contributed by atoms with Crippen LogP contribution >= 0.6 is 0 Å². The fourth-order valence-electron chi connectivity index (χ4n) is 4.59. The lowest BCUT2D eigenvalue weighted by atomic mass is 10.1. The monoisotopic (exact) mass is 555 g/mol. The van der Waals surface area contributed by atoms with Gasteiger partial charge in [-0.2, -0.15) is 23.1 Å². The molecule has 0 atom stereocenters. The molecular formula is C29H20F3N7O2. The lowest BCUT2D eigenvalue weighted by Gasteiger charge is -2.12. The van der Waals surface area contributed by atoms with Crippen molar-refractivity contribution in [3.8, 4) is 11.5 Å². The maximum absolute atomic E-state index is 13.0. The zero-order chi connectivity index (χ0) is 28.0. The Morgan fingerprint density at radius 1 is 0.829 bits per heavy atom. The molecule has 0 unspecified atom stereocenters. The van der Waals surface area contributed by atoms with Gasteiger partial charge in [0.15, 0.2) is 28.5 Å². The molecule has 12 heteroatoms. The Hall–Kier alpha value is -5.39. The molecule has 9 nitrogen and oxygen atoms in total. The van der Waals surface area contributed by atoms with E-state index in [1.807, 2.05) is 36.4 Å². The lowest BCUT2D eigenvalue weighted by Crippen LogP contribution is -2.06. The molecule has 3 aromatic heterocycles. The Bertz CT molecular complexity index is 1910. The molecule has 41 heavy (non-hydrogen) atoms. The molecule has 0 bridgehead atoms. The highest BCUT2D eigenvalue weighted by Crippen LogP contribution is 2.36. The number of halogens is 3. The van der Waals surface area contributed by atoms with Crippen LogP contribution in [0.25, 0.3) is 22.1 Å². The zero-order valence-electron chi connectivity index (χ0n) is 21.2. The van der Waals surface area contributed by atoms with E-state index in [0.29, 0.717) is 45.7 Å². The summed E-state index contributed by atoms with van der Waals surface area (Å²) < 4.78 is 51.8. The summed E-state index contributed by atoms with van der Waals surface area (Å²) in [6.07, 6.45) is -1.08. The van der Waals surface area contributed by atoms with Gasteiger partial charge in [0, 0.05) is 29.0 Å². The molecule has 6 aromatic rings. The minimum Gasteiger partial charge on any atom is -0.454 e. The molecule has 1 aliphatic heterocycles.